The second-order valence-corrected chi connectivity index (χ2v) is 4.21. The molecule has 0 amide bonds. The lowest BCUT2D eigenvalue weighted by Crippen LogP contribution is -2.20. The van der Waals surface area contributed by atoms with E-state index >= 15 is 0 Å². The van der Waals surface area contributed by atoms with Crippen LogP contribution >= 0.6 is 12.2 Å². The zero-order valence-corrected chi connectivity index (χ0v) is 10.9. The number of ether oxygens (including phenoxy) is 1. The van der Waals surface area contributed by atoms with Gasteiger partial charge in [-0.1, -0.05) is 12.2 Å². The molecule has 0 bridgehead atoms. The van der Waals surface area contributed by atoms with Crippen molar-refractivity contribution in [2.45, 2.75) is 6.18 Å². The number of halogens is 5. The summed E-state index contributed by atoms with van der Waals surface area (Å²) in [6.07, 6.45) is -4.44. The van der Waals surface area contributed by atoms with Gasteiger partial charge >= 0.3 is 6.18 Å². The van der Waals surface area contributed by atoms with E-state index in [2.05, 4.69) is 22.3 Å². The smallest absolute Gasteiger partial charge is 0.389 e. The lowest BCUT2D eigenvalue weighted by atomic mass is 10.2. The fourth-order valence-corrected chi connectivity index (χ4v) is 1.44. The van der Waals surface area contributed by atoms with Gasteiger partial charge in [-0.2, -0.15) is 13.2 Å². The highest BCUT2D eigenvalue weighted by Crippen LogP contribution is 2.20. The molecule has 3 nitrogen and oxygen atoms in total. The van der Waals surface area contributed by atoms with Crippen LogP contribution in [0.2, 0.25) is 0 Å². The number of alkyl halides is 3. The van der Waals surface area contributed by atoms with E-state index in [0.29, 0.717) is 0 Å². The minimum Gasteiger partial charge on any atom is -0.389 e. The number of nitrogens with one attached hydrogen (secondary N) is 1. The van der Waals surface area contributed by atoms with Gasteiger partial charge < -0.3 is 15.8 Å². The first-order valence-corrected chi connectivity index (χ1v) is 5.79. The Morgan fingerprint density at radius 3 is 2.25 bits per heavy atom. The van der Waals surface area contributed by atoms with Gasteiger partial charge in [-0.3, -0.25) is 0 Å². The molecule has 0 aliphatic heterocycles. The van der Waals surface area contributed by atoms with E-state index in [0.717, 1.165) is 12.1 Å². The van der Waals surface area contributed by atoms with Gasteiger partial charge in [0.15, 0.2) is 0 Å². The molecule has 0 atom stereocenters. The Kier molecular flexibility index (Phi) is 5.63. The van der Waals surface area contributed by atoms with Crippen molar-refractivity contribution in [3.05, 3.63) is 29.3 Å². The molecule has 0 aromatic heterocycles. The van der Waals surface area contributed by atoms with E-state index in [4.69, 9.17) is 5.73 Å². The molecule has 0 saturated carbocycles. The minimum atomic E-state index is -4.44. The molecule has 0 aliphatic rings. The van der Waals surface area contributed by atoms with Crippen LogP contribution in [0.5, 0.6) is 0 Å². The van der Waals surface area contributed by atoms with Crippen molar-refractivity contribution in [1.82, 2.24) is 0 Å². The predicted octanol–water partition coefficient (Wildman–Crippen LogP) is 2.59. The van der Waals surface area contributed by atoms with Gasteiger partial charge in [-0.05, 0) is 12.1 Å². The summed E-state index contributed by atoms with van der Waals surface area (Å²) in [5, 5.41) is 2.31. The summed E-state index contributed by atoms with van der Waals surface area (Å²) >= 11 is 4.58. The standard InChI is InChI=1S/C11H11F5N2OS/c12-7-3-6(10(17)20)4-8(13)9(7)18-1-2-19-5-11(14,15)16/h3-4,18H,1-2,5H2,(H2,17,20). The van der Waals surface area contributed by atoms with Gasteiger partial charge in [-0.15, -0.1) is 0 Å². The Bertz CT molecular complexity index is 469. The summed E-state index contributed by atoms with van der Waals surface area (Å²) in [6, 6.07) is 1.87. The predicted molar refractivity (Wildman–Crippen MR) is 67.6 cm³/mol. The van der Waals surface area contributed by atoms with Crippen molar-refractivity contribution < 1.29 is 26.7 Å². The average Bonchev–Trinajstić information content (AvgIpc) is 2.29. The van der Waals surface area contributed by atoms with Crippen molar-refractivity contribution in [1.29, 1.82) is 0 Å². The van der Waals surface area contributed by atoms with E-state index in [9.17, 15) is 22.0 Å². The van der Waals surface area contributed by atoms with E-state index in [1.54, 1.807) is 0 Å². The minimum absolute atomic E-state index is 0.0221. The summed E-state index contributed by atoms with van der Waals surface area (Å²) in [5.41, 5.74) is 4.78. The first-order chi connectivity index (χ1) is 9.20. The zero-order chi connectivity index (χ0) is 15.3. The highest BCUT2D eigenvalue weighted by atomic mass is 32.1. The third-order valence-electron chi connectivity index (χ3n) is 2.14. The topological polar surface area (TPSA) is 47.3 Å². The average molecular weight is 314 g/mol. The van der Waals surface area contributed by atoms with Crippen LogP contribution in [0.25, 0.3) is 0 Å². The maximum atomic E-state index is 13.5. The Hall–Kier alpha value is -1.48. The highest BCUT2D eigenvalue weighted by molar-refractivity contribution is 7.80. The van der Waals surface area contributed by atoms with Gasteiger partial charge in [0.1, 0.15) is 28.9 Å². The quantitative estimate of drug-likeness (QED) is 0.481. The van der Waals surface area contributed by atoms with E-state index in [1.807, 2.05) is 0 Å². The van der Waals surface area contributed by atoms with Crippen molar-refractivity contribution in [2.24, 2.45) is 5.73 Å². The van der Waals surface area contributed by atoms with Crippen LogP contribution in [0.15, 0.2) is 12.1 Å². The summed E-state index contributed by atoms with van der Waals surface area (Å²) in [7, 11) is 0. The molecule has 3 N–H and O–H groups in total. The van der Waals surface area contributed by atoms with Gasteiger partial charge in [0.05, 0.1) is 6.61 Å². The van der Waals surface area contributed by atoms with Gasteiger partial charge in [0, 0.05) is 12.1 Å². The molecule has 9 heteroatoms. The van der Waals surface area contributed by atoms with Crippen molar-refractivity contribution >= 4 is 22.9 Å². The third-order valence-corrected chi connectivity index (χ3v) is 2.38. The van der Waals surface area contributed by atoms with Crippen LogP contribution in [0.1, 0.15) is 5.56 Å². The molecule has 1 rings (SSSR count). The van der Waals surface area contributed by atoms with Crippen LogP contribution in [0.3, 0.4) is 0 Å². The lowest BCUT2D eigenvalue weighted by Gasteiger charge is -2.11. The molecular weight excluding hydrogens is 303 g/mol. The Morgan fingerprint density at radius 1 is 1.25 bits per heavy atom. The molecule has 0 saturated heterocycles. The molecule has 1 aromatic rings. The number of thiocarbonyl (C=S) groups is 1. The largest absolute Gasteiger partial charge is 0.411 e. The summed E-state index contributed by atoms with van der Waals surface area (Å²) < 4.78 is 66.6. The Morgan fingerprint density at radius 2 is 1.80 bits per heavy atom. The summed E-state index contributed by atoms with van der Waals surface area (Å²) in [4.78, 5) is -0.164. The fourth-order valence-electron chi connectivity index (χ4n) is 1.32. The van der Waals surface area contributed by atoms with E-state index in [-0.39, 0.29) is 23.7 Å². The number of anilines is 1. The van der Waals surface area contributed by atoms with Crippen molar-refractivity contribution in [2.75, 3.05) is 25.1 Å². The zero-order valence-electron chi connectivity index (χ0n) is 10.1. The molecule has 0 unspecified atom stereocenters. The lowest BCUT2D eigenvalue weighted by molar-refractivity contribution is -0.172. The van der Waals surface area contributed by atoms with E-state index in [1.165, 1.54) is 0 Å². The number of hydrogen-bond donors (Lipinski definition) is 2. The second kappa shape index (κ2) is 6.80. The van der Waals surface area contributed by atoms with Crippen LogP contribution in [-0.2, 0) is 4.74 Å². The van der Waals surface area contributed by atoms with Crippen LogP contribution in [0, 0.1) is 11.6 Å². The highest BCUT2D eigenvalue weighted by Gasteiger charge is 2.27. The molecule has 20 heavy (non-hydrogen) atoms. The first kappa shape index (κ1) is 16.6. The molecule has 1 aromatic carbocycles. The second-order valence-electron chi connectivity index (χ2n) is 3.77. The monoisotopic (exact) mass is 314 g/mol. The number of hydrogen-bond acceptors (Lipinski definition) is 3. The third kappa shape index (κ3) is 5.25. The number of rotatable bonds is 6. The van der Waals surface area contributed by atoms with Crippen molar-refractivity contribution in [3.63, 3.8) is 0 Å². The number of benzene rings is 1. The molecule has 0 aliphatic carbocycles. The molecule has 0 heterocycles. The molecule has 0 fully saturated rings. The Labute approximate surface area is 116 Å². The SMILES string of the molecule is NC(=S)c1cc(F)c(NCCOCC(F)(F)F)c(F)c1. The van der Waals surface area contributed by atoms with Gasteiger partial charge in [0.2, 0.25) is 0 Å². The summed E-state index contributed by atoms with van der Waals surface area (Å²) in [5.74, 6) is -1.88. The van der Waals surface area contributed by atoms with Crippen LogP contribution in [-0.4, -0.2) is 30.9 Å². The molecular formula is C11H11F5N2OS. The summed E-state index contributed by atoms with van der Waals surface area (Å²) in [6.45, 7) is -1.95. The number of nitrogens with two attached hydrogens (primary N) is 1. The van der Waals surface area contributed by atoms with Crippen LogP contribution < -0.4 is 11.1 Å². The molecule has 112 valence electrons. The molecule has 0 radical (unpaired) electrons. The normalized spacial score (nSPS) is 11.4. The maximum Gasteiger partial charge on any atom is 0.411 e. The van der Waals surface area contributed by atoms with Crippen molar-refractivity contribution in [3.8, 4) is 0 Å². The molecule has 0 spiro atoms. The maximum absolute atomic E-state index is 13.5. The fraction of sp³-hybridized carbons (Fsp3) is 0.364. The van der Waals surface area contributed by atoms with Crippen LogP contribution in [0.4, 0.5) is 27.6 Å². The van der Waals surface area contributed by atoms with Gasteiger partial charge in [0.25, 0.3) is 0 Å². The Balaban J connectivity index is 2.55. The van der Waals surface area contributed by atoms with E-state index < -0.39 is 30.1 Å². The van der Waals surface area contributed by atoms with Gasteiger partial charge in [-0.25, -0.2) is 8.78 Å². The first-order valence-electron chi connectivity index (χ1n) is 5.38.